The van der Waals surface area contributed by atoms with Crippen molar-refractivity contribution in [3.63, 3.8) is 0 Å². The number of rotatable bonds is 5. The molecule has 0 radical (unpaired) electrons. The molecule has 30 heavy (non-hydrogen) atoms. The molecule has 2 unspecified atom stereocenters. The minimum atomic E-state index is -0.999. The second-order valence-electron chi connectivity index (χ2n) is 7.46. The third kappa shape index (κ3) is 3.49. The van der Waals surface area contributed by atoms with Gasteiger partial charge < -0.3 is 19.7 Å². The summed E-state index contributed by atoms with van der Waals surface area (Å²) in [6, 6.07) is 2.91. The number of ketones is 1. The molecule has 0 aliphatic carbocycles. The van der Waals surface area contributed by atoms with Gasteiger partial charge in [-0.1, -0.05) is 13.0 Å². The van der Waals surface area contributed by atoms with E-state index in [0.29, 0.717) is 12.5 Å². The second-order valence-corrected chi connectivity index (χ2v) is 7.46. The summed E-state index contributed by atoms with van der Waals surface area (Å²) in [4.78, 5) is 38.1. The Morgan fingerprint density at radius 2 is 2.07 bits per heavy atom. The predicted octanol–water partition coefficient (Wildman–Crippen LogP) is 2.39. The SMILES string of the molecule is CCC1(C)C(=O)c2c(O)c(=O)c(C(=O)NCc3ccc(F)cc3F)cn2CC1OC. The van der Waals surface area contributed by atoms with Crippen molar-refractivity contribution in [1.82, 2.24) is 9.88 Å². The number of Topliss-reactive ketones (excluding diaryl/α,β-unsaturated/α-hetero) is 1. The lowest BCUT2D eigenvalue weighted by atomic mass is 9.73. The minimum Gasteiger partial charge on any atom is -0.503 e. The van der Waals surface area contributed by atoms with Crippen LogP contribution < -0.4 is 10.7 Å². The molecular weight excluding hydrogens is 398 g/mol. The van der Waals surface area contributed by atoms with Crippen molar-refractivity contribution < 1.29 is 28.2 Å². The van der Waals surface area contributed by atoms with Crippen molar-refractivity contribution in [2.24, 2.45) is 5.41 Å². The molecule has 2 N–H and O–H groups in total. The molecule has 0 saturated heterocycles. The summed E-state index contributed by atoms with van der Waals surface area (Å²) in [6.45, 7) is 3.38. The highest BCUT2D eigenvalue weighted by atomic mass is 19.1. The van der Waals surface area contributed by atoms with Crippen LogP contribution in [-0.2, 0) is 17.8 Å². The molecule has 0 bridgehead atoms. The van der Waals surface area contributed by atoms with E-state index in [9.17, 15) is 28.3 Å². The Bertz CT molecular complexity index is 1080. The Hall–Kier alpha value is -3.07. The monoisotopic (exact) mass is 420 g/mol. The van der Waals surface area contributed by atoms with E-state index in [2.05, 4.69) is 5.32 Å². The van der Waals surface area contributed by atoms with Gasteiger partial charge in [-0.05, 0) is 19.4 Å². The molecule has 1 amide bonds. The van der Waals surface area contributed by atoms with Crippen molar-refractivity contribution in [2.45, 2.75) is 39.5 Å². The number of amides is 1. The van der Waals surface area contributed by atoms with Gasteiger partial charge in [0.1, 0.15) is 22.9 Å². The molecule has 0 spiro atoms. The Morgan fingerprint density at radius 1 is 1.37 bits per heavy atom. The zero-order valence-electron chi connectivity index (χ0n) is 16.8. The van der Waals surface area contributed by atoms with Crippen LogP contribution in [0.2, 0.25) is 0 Å². The number of carbonyl (C=O) groups is 2. The topological polar surface area (TPSA) is 97.6 Å². The quantitative estimate of drug-likeness (QED) is 0.774. The Labute approximate surface area is 171 Å². The number of fused-ring (bicyclic) bond motifs is 1. The fraction of sp³-hybridized carbons (Fsp3) is 0.381. The molecule has 2 atom stereocenters. The fourth-order valence-corrected chi connectivity index (χ4v) is 3.65. The van der Waals surface area contributed by atoms with E-state index < -0.39 is 51.6 Å². The zero-order chi connectivity index (χ0) is 22.2. The van der Waals surface area contributed by atoms with Crippen LogP contribution in [0, 0.1) is 17.0 Å². The predicted molar refractivity (Wildman–Crippen MR) is 103 cm³/mol. The van der Waals surface area contributed by atoms with E-state index in [1.54, 1.807) is 6.92 Å². The molecule has 2 aromatic rings. The van der Waals surface area contributed by atoms with Gasteiger partial charge >= 0.3 is 0 Å². The maximum atomic E-state index is 13.8. The molecule has 9 heteroatoms. The fourth-order valence-electron chi connectivity index (χ4n) is 3.65. The lowest BCUT2D eigenvalue weighted by Crippen LogP contribution is -2.49. The summed E-state index contributed by atoms with van der Waals surface area (Å²) in [5, 5.41) is 12.8. The molecule has 2 heterocycles. The van der Waals surface area contributed by atoms with Crippen LogP contribution in [0.3, 0.4) is 0 Å². The van der Waals surface area contributed by atoms with Crippen LogP contribution in [0.1, 0.15) is 46.7 Å². The summed E-state index contributed by atoms with van der Waals surface area (Å²) in [5.41, 5.74) is -2.47. The molecule has 0 fully saturated rings. The van der Waals surface area contributed by atoms with Gasteiger partial charge in [0.25, 0.3) is 5.91 Å². The number of halogens is 2. The van der Waals surface area contributed by atoms with Gasteiger partial charge in [0, 0.05) is 31.5 Å². The lowest BCUT2D eigenvalue weighted by Gasteiger charge is -2.40. The molecule has 3 rings (SSSR count). The minimum absolute atomic E-state index is 0.0281. The van der Waals surface area contributed by atoms with E-state index in [1.165, 1.54) is 23.9 Å². The average molecular weight is 420 g/mol. The molecule has 1 aromatic heterocycles. The number of nitrogens with one attached hydrogen (secondary N) is 1. The Balaban J connectivity index is 1.95. The van der Waals surface area contributed by atoms with E-state index in [1.807, 2.05) is 6.92 Å². The number of pyridine rings is 1. The van der Waals surface area contributed by atoms with Gasteiger partial charge in [-0.2, -0.15) is 0 Å². The maximum Gasteiger partial charge on any atom is 0.257 e. The summed E-state index contributed by atoms with van der Waals surface area (Å²) in [5.74, 6) is -3.71. The first kappa shape index (κ1) is 21.6. The van der Waals surface area contributed by atoms with E-state index in [4.69, 9.17) is 4.74 Å². The number of aromatic nitrogens is 1. The first-order valence-corrected chi connectivity index (χ1v) is 9.40. The number of nitrogens with zero attached hydrogens (tertiary/aromatic N) is 1. The number of hydrogen-bond acceptors (Lipinski definition) is 5. The van der Waals surface area contributed by atoms with Gasteiger partial charge in [0.05, 0.1) is 18.1 Å². The number of hydrogen-bond donors (Lipinski definition) is 2. The standard InChI is InChI=1S/C21H22F2N2O5/c1-4-21(2)15(30-3)10-25-9-13(17(26)18(27)16(25)19(21)28)20(29)24-8-11-5-6-12(22)7-14(11)23/h5-7,9,15,27H,4,8,10H2,1-3H3,(H,24,29). The van der Waals surface area contributed by atoms with E-state index in [-0.39, 0.29) is 24.3 Å². The van der Waals surface area contributed by atoms with Crippen LogP contribution >= 0.6 is 0 Å². The third-order valence-corrected chi connectivity index (χ3v) is 5.78. The van der Waals surface area contributed by atoms with Gasteiger partial charge in [-0.15, -0.1) is 0 Å². The van der Waals surface area contributed by atoms with Crippen molar-refractivity contribution in [1.29, 1.82) is 0 Å². The van der Waals surface area contributed by atoms with E-state index in [0.717, 1.165) is 6.07 Å². The maximum absolute atomic E-state index is 13.8. The number of ether oxygens (including phenoxy) is 1. The molecule has 160 valence electrons. The average Bonchev–Trinajstić information content (AvgIpc) is 2.71. The normalized spacial score (nSPS) is 20.7. The number of aromatic hydroxyl groups is 1. The summed E-state index contributed by atoms with van der Waals surface area (Å²) < 4.78 is 33.5. The molecule has 1 aliphatic rings. The first-order chi connectivity index (χ1) is 14.1. The van der Waals surface area contributed by atoms with Crippen molar-refractivity contribution in [3.8, 4) is 5.75 Å². The number of benzene rings is 1. The van der Waals surface area contributed by atoms with Gasteiger partial charge in [0.15, 0.2) is 11.5 Å². The van der Waals surface area contributed by atoms with Gasteiger partial charge in [-0.25, -0.2) is 8.78 Å². The highest BCUT2D eigenvalue weighted by Crippen LogP contribution is 2.38. The van der Waals surface area contributed by atoms with Crippen molar-refractivity contribution in [3.05, 3.63) is 63.1 Å². The largest absolute Gasteiger partial charge is 0.503 e. The molecular formula is C21H22F2N2O5. The van der Waals surface area contributed by atoms with Crippen LogP contribution in [0.5, 0.6) is 5.75 Å². The highest BCUT2D eigenvalue weighted by Gasteiger charge is 2.47. The summed E-state index contributed by atoms with van der Waals surface area (Å²) in [6.07, 6.45) is 1.10. The van der Waals surface area contributed by atoms with E-state index >= 15 is 0 Å². The first-order valence-electron chi connectivity index (χ1n) is 9.40. The summed E-state index contributed by atoms with van der Waals surface area (Å²) >= 11 is 0. The lowest BCUT2D eigenvalue weighted by molar-refractivity contribution is -0.0163. The molecule has 0 saturated carbocycles. The molecule has 1 aliphatic heterocycles. The van der Waals surface area contributed by atoms with Crippen molar-refractivity contribution >= 4 is 11.7 Å². The number of carbonyl (C=O) groups excluding carboxylic acids is 2. The zero-order valence-corrected chi connectivity index (χ0v) is 16.8. The third-order valence-electron chi connectivity index (χ3n) is 5.78. The van der Waals surface area contributed by atoms with Gasteiger partial charge in [-0.3, -0.25) is 14.4 Å². The second kappa shape index (κ2) is 7.98. The Kier molecular flexibility index (Phi) is 5.76. The van der Waals surface area contributed by atoms with Crippen LogP contribution in [0.15, 0.2) is 29.2 Å². The smallest absolute Gasteiger partial charge is 0.257 e. The van der Waals surface area contributed by atoms with Crippen LogP contribution in [0.4, 0.5) is 8.78 Å². The molecule has 7 nitrogen and oxygen atoms in total. The van der Waals surface area contributed by atoms with Crippen LogP contribution in [0.25, 0.3) is 0 Å². The van der Waals surface area contributed by atoms with Gasteiger partial charge in [0.2, 0.25) is 5.43 Å². The van der Waals surface area contributed by atoms with Crippen LogP contribution in [-0.4, -0.2) is 34.6 Å². The number of methoxy groups -OCH3 is 1. The van der Waals surface area contributed by atoms with Crippen molar-refractivity contribution in [2.75, 3.05) is 7.11 Å². The highest BCUT2D eigenvalue weighted by molar-refractivity contribution is 6.03. The summed E-state index contributed by atoms with van der Waals surface area (Å²) in [7, 11) is 1.46. The Morgan fingerprint density at radius 3 is 2.67 bits per heavy atom. The molecule has 1 aromatic carbocycles.